The van der Waals surface area contributed by atoms with Crippen molar-refractivity contribution in [3.05, 3.63) is 24.3 Å². The van der Waals surface area contributed by atoms with E-state index in [-0.39, 0.29) is 16.7 Å². The second-order valence-electron chi connectivity index (χ2n) is 5.68. The second kappa shape index (κ2) is 9.55. The molecule has 5 nitrogen and oxygen atoms in total. The average Bonchev–Trinajstić information content (AvgIpc) is 2.55. The molecule has 0 saturated heterocycles. The van der Waals surface area contributed by atoms with Crippen LogP contribution in [0.5, 0.6) is 0 Å². The molecule has 23 heavy (non-hydrogen) atoms. The van der Waals surface area contributed by atoms with Crippen molar-refractivity contribution in [3.8, 4) is 0 Å². The largest absolute Gasteiger partial charge is 0.338 e. The van der Waals surface area contributed by atoms with E-state index in [0.29, 0.717) is 18.2 Å². The molecular weight excluding hydrogens is 312 g/mol. The van der Waals surface area contributed by atoms with Crippen LogP contribution in [0.4, 0.5) is 10.5 Å². The van der Waals surface area contributed by atoms with E-state index in [9.17, 15) is 13.2 Å². The number of amides is 2. The molecule has 1 atom stereocenters. The molecule has 0 spiro atoms. The van der Waals surface area contributed by atoms with Gasteiger partial charge >= 0.3 is 6.03 Å². The highest BCUT2D eigenvalue weighted by Gasteiger charge is 2.13. The van der Waals surface area contributed by atoms with Gasteiger partial charge in [-0.15, -0.1) is 0 Å². The van der Waals surface area contributed by atoms with Crippen LogP contribution >= 0.6 is 0 Å². The first-order chi connectivity index (χ1) is 10.9. The van der Waals surface area contributed by atoms with Crippen LogP contribution < -0.4 is 10.6 Å². The zero-order valence-electron chi connectivity index (χ0n) is 14.3. The van der Waals surface area contributed by atoms with E-state index in [2.05, 4.69) is 24.5 Å². The predicted octanol–water partition coefficient (Wildman–Crippen LogP) is 3.82. The molecule has 0 fully saturated rings. The number of hydrogen-bond acceptors (Lipinski definition) is 3. The normalized spacial score (nSPS) is 12.7. The lowest BCUT2D eigenvalue weighted by atomic mass is 9.99. The van der Waals surface area contributed by atoms with Crippen LogP contribution in [0.15, 0.2) is 29.2 Å². The number of urea groups is 1. The van der Waals surface area contributed by atoms with Crippen LogP contribution in [0.1, 0.15) is 46.5 Å². The van der Waals surface area contributed by atoms with Crippen LogP contribution in [-0.2, 0) is 9.84 Å². The summed E-state index contributed by atoms with van der Waals surface area (Å²) in [7, 11) is -3.27. The van der Waals surface area contributed by atoms with Gasteiger partial charge in [-0.3, -0.25) is 0 Å². The van der Waals surface area contributed by atoms with E-state index in [1.54, 1.807) is 25.1 Å². The fraction of sp³-hybridized carbons (Fsp3) is 0.588. The maximum atomic E-state index is 12.0. The number of anilines is 1. The average molecular weight is 340 g/mol. The lowest BCUT2D eigenvalue weighted by Gasteiger charge is -2.16. The molecule has 1 aromatic rings. The first kappa shape index (κ1) is 19.5. The predicted molar refractivity (Wildman–Crippen MR) is 94.5 cm³/mol. The Labute approximate surface area is 139 Å². The van der Waals surface area contributed by atoms with Gasteiger partial charge in [-0.25, -0.2) is 13.2 Å². The Hall–Kier alpha value is -1.56. The van der Waals surface area contributed by atoms with Gasteiger partial charge in [-0.2, -0.15) is 0 Å². The van der Waals surface area contributed by atoms with E-state index in [1.807, 2.05) is 0 Å². The summed E-state index contributed by atoms with van der Waals surface area (Å²) in [6, 6.07) is 6.05. The van der Waals surface area contributed by atoms with E-state index in [0.717, 1.165) is 19.3 Å². The zero-order chi connectivity index (χ0) is 17.3. The third-order valence-electron chi connectivity index (χ3n) is 3.93. The van der Waals surface area contributed by atoms with Crippen molar-refractivity contribution in [2.75, 3.05) is 17.6 Å². The Morgan fingerprint density at radius 3 is 2.57 bits per heavy atom. The fourth-order valence-corrected chi connectivity index (χ4v) is 3.22. The summed E-state index contributed by atoms with van der Waals surface area (Å²) in [6.45, 7) is 6.52. The number of benzene rings is 1. The highest BCUT2D eigenvalue weighted by Crippen LogP contribution is 2.17. The van der Waals surface area contributed by atoms with Gasteiger partial charge in [0.05, 0.1) is 10.6 Å². The topological polar surface area (TPSA) is 75.3 Å². The van der Waals surface area contributed by atoms with Gasteiger partial charge in [0.2, 0.25) is 0 Å². The summed E-state index contributed by atoms with van der Waals surface area (Å²) >= 11 is 0. The Morgan fingerprint density at radius 2 is 1.96 bits per heavy atom. The molecule has 1 unspecified atom stereocenters. The van der Waals surface area contributed by atoms with Crippen molar-refractivity contribution in [2.24, 2.45) is 5.92 Å². The summed E-state index contributed by atoms with van der Waals surface area (Å²) in [5.41, 5.74) is 0.485. The molecule has 130 valence electrons. The summed E-state index contributed by atoms with van der Waals surface area (Å²) in [6.07, 6.45) is 4.46. The second-order valence-corrected chi connectivity index (χ2v) is 7.96. The minimum absolute atomic E-state index is 0.0399. The summed E-state index contributed by atoms with van der Waals surface area (Å²) in [5.74, 6) is 0.519. The minimum Gasteiger partial charge on any atom is -0.338 e. The van der Waals surface area contributed by atoms with E-state index in [1.165, 1.54) is 12.5 Å². The highest BCUT2D eigenvalue weighted by atomic mass is 32.2. The molecule has 1 rings (SSSR count). The monoisotopic (exact) mass is 340 g/mol. The maximum Gasteiger partial charge on any atom is 0.319 e. The molecule has 1 aromatic carbocycles. The molecule has 2 amide bonds. The van der Waals surface area contributed by atoms with Gasteiger partial charge < -0.3 is 10.6 Å². The van der Waals surface area contributed by atoms with E-state index < -0.39 is 9.84 Å². The SMILES string of the molecule is CCCCC(CC)CNC(=O)Nc1cccc(S(=O)(=O)CC)c1. The number of nitrogens with one attached hydrogen (secondary N) is 2. The number of carbonyl (C=O) groups excluding carboxylic acids is 1. The van der Waals surface area contributed by atoms with Crippen molar-refractivity contribution in [2.45, 2.75) is 51.3 Å². The van der Waals surface area contributed by atoms with Crippen molar-refractivity contribution < 1.29 is 13.2 Å². The maximum absolute atomic E-state index is 12.0. The van der Waals surface area contributed by atoms with E-state index >= 15 is 0 Å². The van der Waals surface area contributed by atoms with Gasteiger partial charge in [0, 0.05) is 12.2 Å². The first-order valence-corrected chi connectivity index (χ1v) is 9.95. The smallest absolute Gasteiger partial charge is 0.319 e. The van der Waals surface area contributed by atoms with Crippen LogP contribution in [0.25, 0.3) is 0 Å². The van der Waals surface area contributed by atoms with Gasteiger partial charge in [-0.1, -0.05) is 46.1 Å². The van der Waals surface area contributed by atoms with Crippen LogP contribution in [0, 0.1) is 5.92 Å². The van der Waals surface area contributed by atoms with Crippen molar-refractivity contribution >= 4 is 21.6 Å². The minimum atomic E-state index is -3.27. The van der Waals surface area contributed by atoms with Crippen LogP contribution in [-0.4, -0.2) is 26.7 Å². The molecule has 0 bridgehead atoms. The number of unbranched alkanes of at least 4 members (excludes halogenated alkanes) is 1. The quantitative estimate of drug-likeness (QED) is 0.717. The van der Waals surface area contributed by atoms with Crippen molar-refractivity contribution in [1.82, 2.24) is 5.32 Å². The Balaban J connectivity index is 2.59. The number of sulfone groups is 1. The standard InChI is InChI=1S/C17H28N2O3S/c1-4-7-9-14(5-2)13-18-17(20)19-15-10-8-11-16(12-15)23(21,22)6-3/h8,10-12,14H,4-7,9,13H2,1-3H3,(H2,18,19,20). The summed E-state index contributed by atoms with van der Waals surface area (Å²) < 4.78 is 23.7. The Morgan fingerprint density at radius 1 is 1.22 bits per heavy atom. The van der Waals surface area contributed by atoms with Crippen LogP contribution in [0.3, 0.4) is 0 Å². The molecule has 0 heterocycles. The lowest BCUT2D eigenvalue weighted by Crippen LogP contribution is -2.33. The van der Waals surface area contributed by atoms with Gasteiger partial charge in [0.25, 0.3) is 0 Å². The summed E-state index contributed by atoms with van der Waals surface area (Å²) in [4.78, 5) is 12.2. The molecule has 2 N–H and O–H groups in total. The zero-order valence-corrected chi connectivity index (χ0v) is 15.1. The number of carbonyl (C=O) groups is 1. The Kier molecular flexibility index (Phi) is 8.09. The van der Waals surface area contributed by atoms with Crippen molar-refractivity contribution in [3.63, 3.8) is 0 Å². The molecule has 0 aliphatic carbocycles. The highest BCUT2D eigenvalue weighted by molar-refractivity contribution is 7.91. The van der Waals surface area contributed by atoms with Crippen molar-refractivity contribution in [1.29, 1.82) is 0 Å². The summed E-state index contributed by atoms with van der Waals surface area (Å²) in [5, 5.41) is 5.56. The molecule has 0 aromatic heterocycles. The molecule has 0 radical (unpaired) electrons. The molecule has 0 saturated carbocycles. The van der Waals surface area contributed by atoms with Gasteiger partial charge in [0.15, 0.2) is 9.84 Å². The fourth-order valence-electron chi connectivity index (χ4n) is 2.29. The Bertz CT molecular complexity index is 600. The van der Waals surface area contributed by atoms with Gasteiger partial charge in [-0.05, 0) is 30.5 Å². The van der Waals surface area contributed by atoms with Gasteiger partial charge in [0.1, 0.15) is 0 Å². The molecular formula is C17H28N2O3S. The van der Waals surface area contributed by atoms with Crippen LogP contribution in [0.2, 0.25) is 0 Å². The number of hydrogen-bond donors (Lipinski definition) is 2. The third-order valence-corrected chi connectivity index (χ3v) is 5.66. The first-order valence-electron chi connectivity index (χ1n) is 8.30. The molecule has 0 aliphatic heterocycles. The number of rotatable bonds is 9. The lowest BCUT2D eigenvalue weighted by molar-refractivity contribution is 0.249. The third kappa shape index (κ3) is 6.60. The van der Waals surface area contributed by atoms with E-state index in [4.69, 9.17) is 0 Å². The molecule has 0 aliphatic rings. The molecule has 6 heteroatoms.